The van der Waals surface area contributed by atoms with Crippen LogP contribution >= 0.6 is 11.8 Å². The normalized spacial score (nSPS) is 11.5. The Hall–Kier alpha value is -2.10. The number of nitrogens with zero attached hydrogens (tertiary/aromatic N) is 2. The molecule has 0 spiro atoms. The Labute approximate surface area is 132 Å². The van der Waals surface area contributed by atoms with Crippen molar-refractivity contribution in [1.82, 2.24) is 10.1 Å². The SMILES string of the molecule is Cc1nc(CSCC(=O)Nc2ccc(F)c(C(F)(F)F)c2)no1. The van der Waals surface area contributed by atoms with Crippen molar-refractivity contribution in [2.75, 3.05) is 11.1 Å². The molecule has 0 saturated carbocycles. The van der Waals surface area contributed by atoms with Gasteiger partial charge in [-0.1, -0.05) is 5.16 Å². The van der Waals surface area contributed by atoms with Crippen molar-refractivity contribution in [1.29, 1.82) is 0 Å². The number of thioether (sulfide) groups is 1. The van der Waals surface area contributed by atoms with Gasteiger partial charge in [0.2, 0.25) is 11.8 Å². The molecule has 2 rings (SSSR count). The van der Waals surface area contributed by atoms with Gasteiger partial charge >= 0.3 is 6.18 Å². The van der Waals surface area contributed by atoms with Crippen LogP contribution < -0.4 is 5.32 Å². The maximum atomic E-state index is 13.1. The highest BCUT2D eigenvalue weighted by Gasteiger charge is 2.34. The van der Waals surface area contributed by atoms with E-state index in [-0.39, 0.29) is 11.4 Å². The number of hydrogen-bond donors (Lipinski definition) is 1. The largest absolute Gasteiger partial charge is 0.419 e. The van der Waals surface area contributed by atoms with Crippen LogP contribution in [0.3, 0.4) is 0 Å². The van der Waals surface area contributed by atoms with Crippen LogP contribution in [0.2, 0.25) is 0 Å². The third-order valence-electron chi connectivity index (χ3n) is 2.59. The maximum absolute atomic E-state index is 13.1. The van der Waals surface area contributed by atoms with E-state index < -0.39 is 23.5 Å². The van der Waals surface area contributed by atoms with Crippen LogP contribution in [0, 0.1) is 12.7 Å². The van der Waals surface area contributed by atoms with Gasteiger partial charge in [-0.25, -0.2) is 4.39 Å². The second kappa shape index (κ2) is 6.99. The Bertz CT molecular complexity index is 703. The Morgan fingerprint density at radius 1 is 1.39 bits per heavy atom. The van der Waals surface area contributed by atoms with Gasteiger partial charge in [-0.3, -0.25) is 4.79 Å². The second-order valence-corrected chi connectivity index (χ2v) is 5.45. The van der Waals surface area contributed by atoms with Crippen LogP contribution in [-0.2, 0) is 16.7 Å². The number of nitrogens with one attached hydrogen (secondary N) is 1. The van der Waals surface area contributed by atoms with Gasteiger partial charge in [-0.05, 0) is 18.2 Å². The monoisotopic (exact) mass is 349 g/mol. The number of halogens is 4. The van der Waals surface area contributed by atoms with Gasteiger partial charge in [0.15, 0.2) is 5.82 Å². The maximum Gasteiger partial charge on any atom is 0.419 e. The minimum Gasteiger partial charge on any atom is -0.340 e. The summed E-state index contributed by atoms with van der Waals surface area (Å²) in [6, 6.07) is 2.28. The average Bonchev–Trinajstić information content (AvgIpc) is 2.85. The molecule has 1 aromatic carbocycles. The first-order valence-corrected chi connectivity index (χ1v) is 7.44. The van der Waals surface area contributed by atoms with E-state index >= 15 is 0 Å². The Morgan fingerprint density at radius 3 is 2.74 bits per heavy atom. The van der Waals surface area contributed by atoms with E-state index in [1.807, 2.05) is 0 Å². The number of aryl methyl sites for hydroxylation is 1. The molecule has 23 heavy (non-hydrogen) atoms. The zero-order chi connectivity index (χ0) is 17.0. The van der Waals surface area contributed by atoms with Gasteiger partial charge in [0, 0.05) is 12.6 Å². The van der Waals surface area contributed by atoms with Gasteiger partial charge in [-0.15, -0.1) is 11.8 Å². The molecule has 0 atom stereocenters. The van der Waals surface area contributed by atoms with Gasteiger partial charge in [0.05, 0.1) is 17.1 Å². The lowest BCUT2D eigenvalue weighted by molar-refractivity contribution is -0.140. The van der Waals surface area contributed by atoms with Crippen molar-refractivity contribution in [3.05, 3.63) is 41.3 Å². The van der Waals surface area contributed by atoms with E-state index in [1.165, 1.54) is 11.8 Å². The molecular formula is C13H11F4N3O2S. The molecule has 1 amide bonds. The fourth-order valence-corrected chi connectivity index (χ4v) is 2.31. The Balaban J connectivity index is 1.90. The summed E-state index contributed by atoms with van der Waals surface area (Å²) >= 11 is 1.17. The van der Waals surface area contributed by atoms with E-state index in [4.69, 9.17) is 4.52 Å². The van der Waals surface area contributed by atoms with E-state index in [0.29, 0.717) is 29.6 Å². The Morgan fingerprint density at radius 2 is 2.13 bits per heavy atom. The van der Waals surface area contributed by atoms with E-state index in [2.05, 4.69) is 15.5 Å². The third-order valence-corrected chi connectivity index (χ3v) is 3.52. The van der Waals surface area contributed by atoms with Crippen molar-refractivity contribution in [2.24, 2.45) is 0 Å². The van der Waals surface area contributed by atoms with Gasteiger partial charge < -0.3 is 9.84 Å². The predicted octanol–water partition coefficient (Wildman–Crippen LogP) is 3.41. The number of rotatable bonds is 5. The van der Waals surface area contributed by atoms with Crippen molar-refractivity contribution in [3.8, 4) is 0 Å². The first kappa shape index (κ1) is 17.3. The van der Waals surface area contributed by atoms with Crippen LogP contribution in [0.4, 0.5) is 23.2 Å². The molecule has 2 aromatic rings. The van der Waals surface area contributed by atoms with Gasteiger partial charge in [0.25, 0.3) is 0 Å². The third kappa shape index (κ3) is 4.95. The zero-order valence-corrected chi connectivity index (χ0v) is 12.6. The standard InChI is InChI=1S/C13H11F4N3O2S/c1-7-18-11(20-22-7)5-23-6-12(21)19-8-2-3-10(14)9(4-8)13(15,16)17/h2-4H,5-6H2,1H3,(H,19,21). The van der Waals surface area contributed by atoms with Crippen LogP contribution in [0.25, 0.3) is 0 Å². The molecule has 5 nitrogen and oxygen atoms in total. The number of aromatic nitrogens is 2. The zero-order valence-electron chi connectivity index (χ0n) is 11.8. The van der Waals surface area contributed by atoms with Crippen molar-refractivity contribution in [3.63, 3.8) is 0 Å². The summed E-state index contributed by atoms with van der Waals surface area (Å²) < 4.78 is 55.6. The highest BCUT2D eigenvalue weighted by atomic mass is 32.2. The van der Waals surface area contributed by atoms with Crippen LogP contribution in [0.1, 0.15) is 17.3 Å². The molecule has 0 fully saturated rings. The van der Waals surface area contributed by atoms with Crippen LogP contribution in [0.5, 0.6) is 0 Å². The number of carbonyl (C=O) groups excluding carboxylic acids is 1. The highest BCUT2D eigenvalue weighted by Crippen LogP contribution is 2.33. The number of amides is 1. The molecule has 0 aliphatic carbocycles. The molecular weight excluding hydrogens is 338 g/mol. The van der Waals surface area contributed by atoms with Crippen LogP contribution in [0.15, 0.2) is 22.7 Å². The molecule has 1 N–H and O–H groups in total. The quantitative estimate of drug-likeness (QED) is 0.838. The minimum absolute atomic E-state index is 0.0215. The minimum atomic E-state index is -4.82. The topological polar surface area (TPSA) is 68.0 Å². The van der Waals surface area contributed by atoms with E-state index in [0.717, 1.165) is 6.07 Å². The molecule has 0 unspecified atom stereocenters. The van der Waals surface area contributed by atoms with E-state index in [1.54, 1.807) is 6.92 Å². The molecule has 0 aliphatic heterocycles. The first-order valence-electron chi connectivity index (χ1n) is 6.29. The molecule has 10 heteroatoms. The predicted molar refractivity (Wildman–Crippen MR) is 75.2 cm³/mol. The summed E-state index contributed by atoms with van der Waals surface area (Å²) in [7, 11) is 0. The first-order chi connectivity index (χ1) is 10.8. The molecule has 124 valence electrons. The molecule has 0 saturated heterocycles. The van der Waals surface area contributed by atoms with Crippen molar-refractivity contribution >= 4 is 23.4 Å². The number of alkyl halides is 3. The number of hydrogen-bond acceptors (Lipinski definition) is 5. The summed E-state index contributed by atoms with van der Waals surface area (Å²) in [5.41, 5.74) is -1.55. The summed E-state index contributed by atoms with van der Waals surface area (Å²) in [5, 5.41) is 5.92. The smallest absolute Gasteiger partial charge is 0.340 e. The van der Waals surface area contributed by atoms with Gasteiger partial charge in [-0.2, -0.15) is 18.2 Å². The highest BCUT2D eigenvalue weighted by molar-refractivity contribution is 7.99. The fraction of sp³-hybridized carbons (Fsp3) is 0.308. The number of anilines is 1. The van der Waals surface area contributed by atoms with Gasteiger partial charge in [0.1, 0.15) is 5.82 Å². The molecule has 1 heterocycles. The summed E-state index contributed by atoms with van der Waals surface area (Å²) in [5.74, 6) is -0.793. The number of benzene rings is 1. The van der Waals surface area contributed by atoms with E-state index in [9.17, 15) is 22.4 Å². The lowest BCUT2D eigenvalue weighted by atomic mass is 10.2. The lowest BCUT2D eigenvalue weighted by Gasteiger charge is -2.10. The van der Waals surface area contributed by atoms with Crippen molar-refractivity contribution in [2.45, 2.75) is 18.9 Å². The second-order valence-electron chi connectivity index (χ2n) is 4.46. The van der Waals surface area contributed by atoms with Crippen molar-refractivity contribution < 1.29 is 26.9 Å². The number of carbonyl (C=O) groups is 1. The molecule has 0 aliphatic rings. The molecule has 0 bridgehead atoms. The fourth-order valence-electron chi connectivity index (χ4n) is 1.65. The summed E-state index contributed by atoms with van der Waals surface area (Å²) in [4.78, 5) is 15.6. The lowest BCUT2D eigenvalue weighted by Crippen LogP contribution is -2.16. The average molecular weight is 349 g/mol. The molecule has 0 radical (unpaired) electrons. The summed E-state index contributed by atoms with van der Waals surface area (Å²) in [6.45, 7) is 1.63. The Kier molecular flexibility index (Phi) is 5.24. The molecule has 1 aromatic heterocycles. The summed E-state index contributed by atoms with van der Waals surface area (Å²) in [6.07, 6.45) is -4.82. The van der Waals surface area contributed by atoms with Crippen LogP contribution in [-0.4, -0.2) is 21.8 Å².